The van der Waals surface area contributed by atoms with Crippen LogP contribution in [0.15, 0.2) is 42.5 Å². The van der Waals surface area contributed by atoms with Crippen molar-refractivity contribution in [2.75, 3.05) is 50.0 Å². The largest absolute Gasteiger partial charge is 0.462 e. The van der Waals surface area contributed by atoms with E-state index >= 15 is 0 Å². The van der Waals surface area contributed by atoms with Gasteiger partial charge in [-0.05, 0) is 49.8 Å². The summed E-state index contributed by atoms with van der Waals surface area (Å²) in [6.45, 7) is 4.59. The number of rotatable bonds is 6. The highest BCUT2D eigenvalue weighted by Crippen LogP contribution is 2.18. The summed E-state index contributed by atoms with van der Waals surface area (Å²) >= 11 is 5.56. The third kappa shape index (κ3) is 6.93. The lowest BCUT2D eigenvalue weighted by Crippen LogP contribution is -2.39. The second-order valence-corrected chi connectivity index (χ2v) is 7.87. The van der Waals surface area contributed by atoms with Crippen molar-refractivity contribution in [2.45, 2.75) is 13.3 Å². The fourth-order valence-electron chi connectivity index (χ4n) is 3.49. The Labute approximate surface area is 196 Å². The molecule has 0 bridgehead atoms. The van der Waals surface area contributed by atoms with Crippen molar-refractivity contribution in [3.8, 4) is 0 Å². The number of para-hydroxylation sites is 1. The van der Waals surface area contributed by atoms with E-state index in [0.29, 0.717) is 42.5 Å². The third-order valence-electron chi connectivity index (χ3n) is 5.11. The summed E-state index contributed by atoms with van der Waals surface area (Å²) in [6, 6.07) is 10.0. The molecular weight excluding hydrogens is 450 g/mol. The highest BCUT2D eigenvalue weighted by Gasteiger charge is 2.21. The van der Waals surface area contributed by atoms with Crippen molar-refractivity contribution in [1.82, 2.24) is 9.80 Å². The van der Waals surface area contributed by atoms with Gasteiger partial charge in [-0.25, -0.2) is 13.6 Å². The fraction of sp³-hybridized carbons (Fsp3) is 0.348. The Bertz CT molecular complexity index is 1020. The number of thiocarbonyl (C=S) groups is 1. The second-order valence-electron chi connectivity index (χ2n) is 7.49. The molecule has 0 aliphatic carbocycles. The first kappa shape index (κ1) is 24.5. The first-order valence-electron chi connectivity index (χ1n) is 10.7. The standard InChI is InChI=1S/C23H26F2N4O3S/c1-2-32-22(31)17-6-3-4-7-19(17)27-23(33)29-11-5-10-28(12-13-29)15-21(30)26-20-9-8-16(24)14-18(20)25/h3-4,6-9,14H,2,5,10-13,15H2,1H3,(H,26,30)(H,27,33). The zero-order valence-corrected chi connectivity index (χ0v) is 19.1. The summed E-state index contributed by atoms with van der Waals surface area (Å²) in [5, 5.41) is 6.09. The van der Waals surface area contributed by atoms with Crippen molar-refractivity contribution in [1.29, 1.82) is 0 Å². The Balaban J connectivity index is 1.54. The first-order valence-corrected chi connectivity index (χ1v) is 11.1. The van der Waals surface area contributed by atoms with Crippen molar-refractivity contribution >= 4 is 40.6 Å². The summed E-state index contributed by atoms with van der Waals surface area (Å²) in [6.07, 6.45) is 0.763. The van der Waals surface area contributed by atoms with Crippen LogP contribution in [0.25, 0.3) is 0 Å². The molecule has 1 saturated heterocycles. The molecule has 2 N–H and O–H groups in total. The molecule has 0 aromatic heterocycles. The summed E-state index contributed by atoms with van der Waals surface area (Å²) in [5.41, 5.74) is 0.925. The highest BCUT2D eigenvalue weighted by molar-refractivity contribution is 7.80. The lowest BCUT2D eigenvalue weighted by molar-refractivity contribution is -0.117. The van der Waals surface area contributed by atoms with E-state index in [1.54, 1.807) is 31.2 Å². The number of carbonyl (C=O) groups excluding carboxylic acids is 2. The number of nitrogens with zero attached hydrogens (tertiary/aromatic N) is 2. The molecule has 0 atom stereocenters. The molecule has 0 spiro atoms. The molecule has 1 fully saturated rings. The third-order valence-corrected chi connectivity index (χ3v) is 5.47. The van der Waals surface area contributed by atoms with E-state index in [1.165, 1.54) is 6.07 Å². The monoisotopic (exact) mass is 476 g/mol. The van der Waals surface area contributed by atoms with Crippen LogP contribution in [0.3, 0.4) is 0 Å². The zero-order valence-electron chi connectivity index (χ0n) is 18.3. The maximum absolute atomic E-state index is 13.8. The van der Waals surface area contributed by atoms with E-state index < -0.39 is 17.6 Å². The second kappa shape index (κ2) is 11.7. The minimum absolute atomic E-state index is 0.0523. The van der Waals surface area contributed by atoms with Gasteiger partial charge >= 0.3 is 5.97 Å². The normalized spacial score (nSPS) is 14.3. The van der Waals surface area contributed by atoms with Gasteiger partial charge in [0.05, 0.1) is 30.1 Å². The number of hydrogen-bond donors (Lipinski definition) is 2. The number of benzene rings is 2. The van der Waals surface area contributed by atoms with Crippen LogP contribution in [-0.4, -0.2) is 66.1 Å². The summed E-state index contributed by atoms with van der Waals surface area (Å²) < 4.78 is 31.9. The minimum atomic E-state index is -0.815. The van der Waals surface area contributed by atoms with E-state index in [9.17, 15) is 18.4 Å². The van der Waals surface area contributed by atoms with Gasteiger partial charge in [-0.15, -0.1) is 0 Å². The Kier molecular flexibility index (Phi) is 8.67. The van der Waals surface area contributed by atoms with E-state index in [-0.39, 0.29) is 24.7 Å². The molecule has 1 aliphatic heterocycles. The lowest BCUT2D eigenvalue weighted by Gasteiger charge is -2.25. The molecule has 1 heterocycles. The Morgan fingerprint density at radius 1 is 1.03 bits per heavy atom. The molecule has 0 unspecified atom stereocenters. The SMILES string of the molecule is CCOC(=O)c1ccccc1NC(=S)N1CCCN(CC(=O)Nc2ccc(F)cc2F)CC1. The highest BCUT2D eigenvalue weighted by atomic mass is 32.1. The maximum atomic E-state index is 13.8. The zero-order chi connectivity index (χ0) is 23.8. The average molecular weight is 477 g/mol. The molecular formula is C23H26F2N4O3S. The molecule has 0 saturated carbocycles. The van der Waals surface area contributed by atoms with Crippen molar-refractivity contribution in [3.63, 3.8) is 0 Å². The predicted octanol–water partition coefficient (Wildman–Crippen LogP) is 3.48. The molecule has 1 aliphatic rings. The van der Waals surface area contributed by atoms with Crippen LogP contribution in [0.1, 0.15) is 23.7 Å². The van der Waals surface area contributed by atoms with Crippen molar-refractivity contribution in [2.24, 2.45) is 0 Å². The molecule has 3 rings (SSSR count). The van der Waals surface area contributed by atoms with Gasteiger partial charge in [-0.1, -0.05) is 12.1 Å². The Morgan fingerprint density at radius 3 is 2.58 bits per heavy atom. The van der Waals surface area contributed by atoms with E-state index in [1.807, 2.05) is 9.80 Å². The molecule has 0 radical (unpaired) electrons. The number of ether oxygens (including phenoxy) is 1. The van der Waals surface area contributed by atoms with Crippen molar-refractivity contribution in [3.05, 3.63) is 59.7 Å². The van der Waals surface area contributed by atoms with Crippen LogP contribution in [0.4, 0.5) is 20.2 Å². The van der Waals surface area contributed by atoms with Crippen LogP contribution >= 0.6 is 12.2 Å². The van der Waals surface area contributed by atoms with Gasteiger partial charge in [0, 0.05) is 32.2 Å². The topological polar surface area (TPSA) is 73.9 Å². The van der Waals surface area contributed by atoms with Crippen LogP contribution in [0.2, 0.25) is 0 Å². The maximum Gasteiger partial charge on any atom is 0.340 e. The number of anilines is 2. The Hall–Kier alpha value is -3.11. The van der Waals surface area contributed by atoms with E-state index in [2.05, 4.69) is 10.6 Å². The quantitative estimate of drug-likeness (QED) is 0.489. The number of esters is 1. The minimum Gasteiger partial charge on any atom is -0.462 e. The van der Waals surface area contributed by atoms with Crippen molar-refractivity contribution < 1.29 is 23.1 Å². The first-order chi connectivity index (χ1) is 15.9. The molecule has 2 aromatic rings. The van der Waals surface area contributed by atoms with E-state index in [4.69, 9.17) is 17.0 Å². The summed E-state index contributed by atoms with van der Waals surface area (Å²) in [5.74, 6) is -2.32. The number of halogens is 2. The Morgan fingerprint density at radius 2 is 1.82 bits per heavy atom. The summed E-state index contributed by atoms with van der Waals surface area (Å²) in [7, 11) is 0. The van der Waals surface area contributed by atoms with Gasteiger partial charge < -0.3 is 20.3 Å². The molecule has 33 heavy (non-hydrogen) atoms. The molecule has 1 amide bonds. The fourth-order valence-corrected chi connectivity index (χ4v) is 3.78. The van der Waals surface area contributed by atoms with Gasteiger partial charge in [-0.2, -0.15) is 0 Å². The van der Waals surface area contributed by atoms with Gasteiger partial charge in [0.15, 0.2) is 5.11 Å². The predicted molar refractivity (Wildman–Crippen MR) is 126 cm³/mol. The number of carbonyl (C=O) groups is 2. The number of hydrogen-bond acceptors (Lipinski definition) is 5. The van der Waals surface area contributed by atoms with Gasteiger partial charge in [-0.3, -0.25) is 9.69 Å². The van der Waals surface area contributed by atoms with Gasteiger partial charge in [0.25, 0.3) is 0 Å². The lowest BCUT2D eigenvalue weighted by atomic mass is 10.2. The van der Waals surface area contributed by atoms with Crippen LogP contribution in [0, 0.1) is 11.6 Å². The molecule has 2 aromatic carbocycles. The van der Waals surface area contributed by atoms with Gasteiger partial charge in [0.1, 0.15) is 11.6 Å². The number of nitrogens with one attached hydrogen (secondary N) is 2. The van der Waals surface area contributed by atoms with Crippen LogP contribution in [-0.2, 0) is 9.53 Å². The summed E-state index contributed by atoms with van der Waals surface area (Å²) in [4.78, 5) is 28.5. The molecule has 10 heteroatoms. The van der Waals surface area contributed by atoms with Gasteiger partial charge in [0.2, 0.25) is 5.91 Å². The average Bonchev–Trinajstić information content (AvgIpc) is 3.02. The van der Waals surface area contributed by atoms with Crippen LogP contribution in [0.5, 0.6) is 0 Å². The van der Waals surface area contributed by atoms with Crippen LogP contribution < -0.4 is 10.6 Å². The molecule has 176 valence electrons. The van der Waals surface area contributed by atoms with E-state index in [0.717, 1.165) is 18.6 Å². The smallest absolute Gasteiger partial charge is 0.340 e. The number of amides is 1. The molecule has 7 nitrogen and oxygen atoms in total.